The van der Waals surface area contributed by atoms with E-state index in [0.717, 1.165) is 42.0 Å². The predicted octanol–water partition coefficient (Wildman–Crippen LogP) is 2.14. The number of amides is 1. The van der Waals surface area contributed by atoms with Crippen LogP contribution >= 0.6 is 11.8 Å². The maximum Gasteiger partial charge on any atom is 0.274 e. The first-order chi connectivity index (χ1) is 11.1. The van der Waals surface area contributed by atoms with Crippen LogP contribution in [0.2, 0.25) is 0 Å². The fourth-order valence-corrected chi connectivity index (χ4v) is 3.93. The number of benzene rings is 1. The minimum absolute atomic E-state index is 0.00222. The van der Waals surface area contributed by atoms with Gasteiger partial charge in [0.05, 0.1) is 23.3 Å². The highest BCUT2D eigenvalue weighted by molar-refractivity contribution is 7.99. The zero-order valence-corrected chi connectivity index (χ0v) is 14.4. The van der Waals surface area contributed by atoms with Crippen molar-refractivity contribution in [3.05, 3.63) is 36.2 Å². The first kappa shape index (κ1) is 16.2. The van der Waals surface area contributed by atoms with Gasteiger partial charge in [-0.05, 0) is 38.4 Å². The number of rotatable bonds is 3. The molecule has 0 N–H and O–H groups in total. The van der Waals surface area contributed by atoms with Crippen LogP contribution in [0.3, 0.4) is 0 Å². The van der Waals surface area contributed by atoms with Crippen LogP contribution in [-0.4, -0.2) is 70.4 Å². The van der Waals surface area contributed by atoms with Crippen LogP contribution in [0.5, 0.6) is 0 Å². The second kappa shape index (κ2) is 7.27. The zero-order chi connectivity index (χ0) is 16.2. The summed E-state index contributed by atoms with van der Waals surface area (Å²) in [5, 5.41) is 0. The Labute approximate surface area is 141 Å². The second-order valence-electron chi connectivity index (χ2n) is 6.09. The van der Waals surface area contributed by atoms with Gasteiger partial charge in [0.25, 0.3) is 5.91 Å². The van der Waals surface area contributed by atoms with E-state index >= 15 is 0 Å². The van der Waals surface area contributed by atoms with Crippen molar-refractivity contribution >= 4 is 28.7 Å². The fraction of sp³-hybridized carbons (Fsp3) is 0.471. The number of para-hydroxylation sites is 2. The summed E-state index contributed by atoms with van der Waals surface area (Å²) < 4.78 is 0. The van der Waals surface area contributed by atoms with Gasteiger partial charge in [-0.2, -0.15) is 11.8 Å². The average molecular weight is 330 g/mol. The lowest BCUT2D eigenvalue weighted by Gasteiger charge is -2.31. The SMILES string of the molecule is CN(C)CC1CSCCCN1C(=O)c1cnc2ccccc2n1. The minimum atomic E-state index is -0.00222. The van der Waals surface area contributed by atoms with Gasteiger partial charge in [-0.25, -0.2) is 4.98 Å². The highest BCUT2D eigenvalue weighted by Crippen LogP contribution is 2.19. The van der Waals surface area contributed by atoms with E-state index in [1.165, 1.54) is 0 Å². The molecular formula is C17H22N4OS. The van der Waals surface area contributed by atoms with Crippen molar-refractivity contribution in [2.75, 3.05) is 38.7 Å². The smallest absolute Gasteiger partial charge is 0.274 e. The molecule has 122 valence electrons. The monoisotopic (exact) mass is 330 g/mol. The molecule has 1 aromatic heterocycles. The van der Waals surface area contributed by atoms with Gasteiger partial charge in [-0.3, -0.25) is 9.78 Å². The Hall–Kier alpha value is -1.66. The van der Waals surface area contributed by atoms with E-state index in [1.807, 2.05) is 55.0 Å². The third-order valence-electron chi connectivity index (χ3n) is 3.94. The molecule has 1 atom stereocenters. The number of fused-ring (bicyclic) bond motifs is 1. The third kappa shape index (κ3) is 3.82. The average Bonchev–Trinajstić information content (AvgIpc) is 2.78. The number of likely N-dealkylation sites (N-methyl/N-ethyl adjacent to an activating group) is 1. The number of hydrogen-bond donors (Lipinski definition) is 0. The number of carbonyl (C=O) groups excluding carboxylic acids is 1. The summed E-state index contributed by atoms with van der Waals surface area (Å²) in [6.45, 7) is 1.67. The Morgan fingerprint density at radius 1 is 1.35 bits per heavy atom. The quantitative estimate of drug-likeness (QED) is 0.863. The number of nitrogens with zero attached hydrogens (tertiary/aromatic N) is 4. The Bertz CT molecular complexity index is 691. The van der Waals surface area contributed by atoms with Crippen molar-refractivity contribution in [2.24, 2.45) is 0 Å². The molecule has 2 heterocycles. The maximum atomic E-state index is 13.0. The van der Waals surface area contributed by atoms with Crippen molar-refractivity contribution in [3.63, 3.8) is 0 Å². The molecule has 1 aliphatic heterocycles. The van der Waals surface area contributed by atoms with Gasteiger partial charge < -0.3 is 9.80 Å². The van der Waals surface area contributed by atoms with Crippen molar-refractivity contribution in [1.29, 1.82) is 0 Å². The van der Waals surface area contributed by atoms with Crippen molar-refractivity contribution in [2.45, 2.75) is 12.5 Å². The summed E-state index contributed by atoms with van der Waals surface area (Å²) in [4.78, 5) is 26.0. The van der Waals surface area contributed by atoms with Gasteiger partial charge in [0.15, 0.2) is 0 Å². The Morgan fingerprint density at radius 2 is 2.13 bits per heavy atom. The minimum Gasteiger partial charge on any atom is -0.332 e. The van der Waals surface area contributed by atoms with E-state index < -0.39 is 0 Å². The molecule has 3 rings (SSSR count). The first-order valence-corrected chi connectivity index (χ1v) is 9.06. The Kier molecular flexibility index (Phi) is 5.13. The Balaban J connectivity index is 1.88. The molecule has 1 saturated heterocycles. The molecule has 1 fully saturated rings. The molecular weight excluding hydrogens is 308 g/mol. The number of carbonyl (C=O) groups is 1. The molecule has 23 heavy (non-hydrogen) atoms. The third-order valence-corrected chi connectivity index (χ3v) is 5.14. The van der Waals surface area contributed by atoms with Gasteiger partial charge in [0, 0.05) is 18.8 Å². The maximum absolute atomic E-state index is 13.0. The van der Waals surface area contributed by atoms with Crippen LogP contribution in [-0.2, 0) is 0 Å². The standard InChI is InChI=1S/C17H22N4OS/c1-20(2)11-13-12-23-9-5-8-21(13)17(22)16-10-18-14-6-3-4-7-15(14)19-16/h3-4,6-7,10,13H,5,8-9,11-12H2,1-2H3. The highest BCUT2D eigenvalue weighted by atomic mass is 32.2. The molecule has 1 unspecified atom stereocenters. The van der Waals surface area contributed by atoms with Gasteiger partial charge in [-0.1, -0.05) is 12.1 Å². The number of aromatic nitrogens is 2. The molecule has 5 nitrogen and oxygen atoms in total. The highest BCUT2D eigenvalue weighted by Gasteiger charge is 2.28. The fourth-order valence-electron chi connectivity index (χ4n) is 2.88. The first-order valence-electron chi connectivity index (χ1n) is 7.90. The van der Waals surface area contributed by atoms with Gasteiger partial charge in [0.2, 0.25) is 0 Å². The van der Waals surface area contributed by atoms with Crippen LogP contribution in [0.25, 0.3) is 11.0 Å². The van der Waals surface area contributed by atoms with Gasteiger partial charge in [-0.15, -0.1) is 0 Å². The number of hydrogen-bond acceptors (Lipinski definition) is 5. The molecule has 1 aromatic carbocycles. The van der Waals surface area contributed by atoms with Crippen molar-refractivity contribution < 1.29 is 4.79 Å². The van der Waals surface area contributed by atoms with E-state index in [9.17, 15) is 4.79 Å². The lowest BCUT2D eigenvalue weighted by molar-refractivity contribution is 0.0669. The van der Waals surface area contributed by atoms with E-state index in [-0.39, 0.29) is 11.9 Å². The molecule has 1 amide bonds. The second-order valence-corrected chi connectivity index (χ2v) is 7.24. The largest absolute Gasteiger partial charge is 0.332 e. The normalized spacial score (nSPS) is 19.1. The molecule has 6 heteroatoms. The summed E-state index contributed by atoms with van der Waals surface area (Å²) >= 11 is 1.93. The van der Waals surface area contributed by atoms with Crippen LogP contribution < -0.4 is 0 Å². The van der Waals surface area contributed by atoms with Crippen molar-refractivity contribution in [3.8, 4) is 0 Å². The summed E-state index contributed by atoms with van der Waals surface area (Å²) in [7, 11) is 4.10. The lowest BCUT2D eigenvalue weighted by atomic mass is 10.2. The van der Waals surface area contributed by atoms with Crippen LogP contribution in [0.15, 0.2) is 30.5 Å². The zero-order valence-electron chi connectivity index (χ0n) is 13.6. The number of thioether (sulfide) groups is 1. The summed E-state index contributed by atoms with van der Waals surface area (Å²) in [6, 6.07) is 7.88. The van der Waals surface area contributed by atoms with E-state index in [2.05, 4.69) is 14.9 Å². The van der Waals surface area contributed by atoms with Gasteiger partial charge >= 0.3 is 0 Å². The van der Waals surface area contributed by atoms with E-state index in [4.69, 9.17) is 0 Å². The summed E-state index contributed by atoms with van der Waals surface area (Å²) in [5.74, 6) is 2.08. The van der Waals surface area contributed by atoms with Crippen molar-refractivity contribution in [1.82, 2.24) is 19.8 Å². The molecule has 0 saturated carbocycles. The van der Waals surface area contributed by atoms with E-state index in [0.29, 0.717) is 5.69 Å². The van der Waals surface area contributed by atoms with Gasteiger partial charge in [0.1, 0.15) is 5.69 Å². The predicted molar refractivity (Wildman–Crippen MR) is 94.9 cm³/mol. The topological polar surface area (TPSA) is 49.3 Å². The Morgan fingerprint density at radius 3 is 2.91 bits per heavy atom. The molecule has 2 aromatic rings. The summed E-state index contributed by atoms with van der Waals surface area (Å²) in [5.41, 5.74) is 2.03. The van der Waals surface area contributed by atoms with E-state index in [1.54, 1.807) is 6.20 Å². The van der Waals surface area contributed by atoms with Crippen LogP contribution in [0, 0.1) is 0 Å². The van der Waals surface area contributed by atoms with Crippen LogP contribution in [0.4, 0.5) is 0 Å². The van der Waals surface area contributed by atoms with Crippen LogP contribution in [0.1, 0.15) is 16.9 Å². The lowest BCUT2D eigenvalue weighted by Crippen LogP contribution is -2.47. The molecule has 0 aliphatic carbocycles. The molecule has 0 spiro atoms. The molecule has 0 radical (unpaired) electrons. The molecule has 1 aliphatic rings. The molecule has 0 bridgehead atoms. The summed E-state index contributed by atoms with van der Waals surface area (Å²) in [6.07, 6.45) is 2.64.